The molecule has 0 fully saturated rings. The van der Waals surface area contributed by atoms with E-state index in [0.29, 0.717) is 11.3 Å². The molecule has 0 amide bonds. The molecular formula is C17H11F3N4O3S. The largest absolute Gasteiger partial charge is 0.497 e. The molecule has 0 saturated heterocycles. The number of nitro groups is 1. The van der Waals surface area contributed by atoms with Gasteiger partial charge in [0.05, 0.1) is 17.7 Å². The number of pyridine rings is 1. The lowest BCUT2D eigenvalue weighted by atomic mass is 10.1. The number of halogens is 3. The summed E-state index contributed by atoms with van der Waals surface area (Å²) in [6, 6.07) is 9.76. The predicted molar refractivity (Wildman–Crippen MR) is 94.0 cm³/mol. The number of hydrogen-bond acceptors (Lipinski definition) is 7. The van der Waals surface area contributed by atoms with Crippen molar-refractivity contribution in [2.75, 3.05) is 7.11 Å². The van der Waals surface area contributed by atoms with Crippen molar-refractivity contribution in [3.63, 3.8) is 0 Å². The van der Waals surface area contributed by atoms with Crippen molar-refractivity contribution >= 4 is 17.4 Å². The van der Waals surface area contributed by atoms with Crippen molar-refractivity contribution in [3.05, 3.63) is 64.5 Å². The molecule has 3 rings (SSSR count). The molecule has 0 aliphatic rings. The Kier molecular flexibility index (Phi) is 5.45. The van der Waals surface area contributed by atoms with E-state index in [1.165, 1.54) is 19.2 Å². The average Bonchev–Trinajstić information content (AvgIpc) is 2.67. The first-order valence-corrected chi connectivity index (χ1v) is 8.47. The molecule has 0 radical (unpaired) electrons. The Bertz CT molecular complexity index is 996. The number of alkyl halides is 3. The monoisotopic (exact) mass is 408 g/mol. The normalized spacial score (nSPS) is 11.3. The van der Waals surface area contributed by atoms with E-state index in [-0.39, 0.29) is 21.6 Å². The topological polar surface area (TPSA) is 91.0 Å². The molecule has 2 aromatic heterocycles. The van der Waals surface area contributed by atoms with E-state index in [9.17, 15) is 23.3 Å². The first-order valence-electron chi connectivity index (χ1n) is 7.65. The number of aromatic nitrogens is 3. The lowest BCUT2D eigenvalue weighted by Gasteiger charge is -2.10. The minimum absolute atomic E-state index is 0.0781. The molecule has 0 aliphatic carbocycles. The number of rotatable bonds is 5. The van der Waals surface area contributed by atoms with Crippen molar-refractivity contribution in [2.45, 2.75) is 16.4 Å². The molecule has 28 heavy (non-hydrogen) atoms. The molecule has 3 aromatic rings. The number of ether oxygens (including phenoxy) is 1. The van der Waals surface area contributed by atoms with Crippen LogP contribution in [0, 0.1) is 10.1 Å². The summed E-state index contributed by atoms with van der Waals surface area (Å²) in [6.45, 7) is 0. The second-order valence-corrected chi connectivity index (χ2v) is 6.35. The van der Waals surface area contributed by atoms with Gasteiger partial charge in [0, 0.05) is 11.6 Å². The minimum atomic E-state index is -4.66. The van der Waals surface area contributed by atoms with Crippen molar-refractivity contribution < 1.29 is 22.8 Å². The van der Waals surface area contributed by atoms with Crippen molar-refractivity contribution in [1.82, 2.24) is 15.0 Å². The van der Waals surface area contributed by atoms with Gasteiger partial charge in [-0.3, -0.25) is 10.1 Å². The Morgan fingerprint density at radius 3 is 2.36 bits per heavy atom. The van der Waals surface area contributed by atoms with Crippen LogP contribution in [0.3, 0.4) is 0 Å². The summed E-state index contributed by atoms with van der Waals surface area (Å²) in [5, 5.41) is 10.7. The van der Waals surface area contributed by atoms with Gasteiger partial charge in [0.1, 0.15) is 22.7 Å². The average molecular weight is 408 g/mol. The zero-order valence-electron chi connectivity index (χ0n) is 14.2. The molecule has 0 bridgehead atoms. The maximum absolute atomic E-state index is 13.3. The molecule has 0 saturated carbocycles. The Morgan fingerprint density at radius 2 is 1.82 bits per heavy atom. The molecule has 0 unspecified atom stereocenters. The fraction of sp³-hybridized carbons (Fsp3) is 0.118. The highest BCUT2D eigenvalue weighted by molar-refractivity contribution is 7.99. The maximum Gasteiger partial charge on any atom is 0.433 e. The number of hydrogen-bond donors (Lipinski definition) is 0. The Balaban J connectivity index is 1.98. The fourth-order valence-corrected chi connectivity index (χ4v) is 2.88. The standard InChI is InChI=1S/C17H11F3N4O3S/c1-27-12-5-2-10(3-6-12)13-8-14(17(18,19)20)23-16(22-13)28-15-7-4-11(9-21-15)24(25)26/h2-9H,1H3. The van der Waals surface area contributed by atoms with E-state index in [1.54, 1.807) is 24.3 Å². The molecule has 0 aliphatic heterocycles. The van der Waals surface area contributed by atoms with Gasteiger partial charge in [-0.25, -0.2) is 15.0 Å². The second kappa shape index (κ2) is 7.80. The van der Waals surface area contributed by atoms with Crippen LogP contribution < -0.4 is 4.74 Å². The fourth-order valence-electron chi connectivity index (χ4n) is 2.16. The van der Waals surface area contributed by atoms with E-state index in [1.807, 2.05) is 0 Å². The summed E-state index contributed by atoms with van der Waals surface area (Å²) in [6.07, 6.45) is -3.65. The molecule has 11 heteroatoms. The molecule has 0 spiro atoms. The lowest BCUT2D eigenvalue weighted by molar-refractivity contribution is -0.385. The van der Waals surface area contributed by atoms with Gasteiger partial charge in [0.15, 0.2) is 5.16 Å². The van der Waals surface area contributed by atoms with Gasteiger partial charge < -0.3 is 4.74 Å². The number of benzene rings is 1. The summed E-state index contributed by atoms with van der Waals surface area (Å²) in [5.41, 5.74) is -0.799. The highest BCUT2D eigenvalue weighted by Crippen LogP contribution is 2.34. The van der Waals surface area contributed by atoms with Gasteiger partial charge in [-0.1, -0.05) is 0 Å². The highest BCUT2D eigenvalue weighted by Gasteiger charge is 2.34. The zero-order valence-corrected chi connectivity index (χ0v) is 15.0. The quantitative estimate of drug-likeness (QED) is 0.345. The van der Waals surface area contributed by atoms with Gasteiger partial charge in [-0.05, 0) is 48.2 Å². The van der Waals surface area contributed by atoms with Crippen LogP contribution in [0.4, 0.5) is 18.9 Å². The Hall–Kier alpha value is -3.21. The molecule has 0 atom stereocenters. The van der Waals surface area contributed by atoms with Crippen molar-refractivity contribution in [3.8, 4) is 17.0 Å². The van der Waals surface area contributed by atoms with Gasteiger partial charge in [-0.15, -0.1) is 0 Å². The lowest BCUT2D eigenvalue weighted by Crippen LogP contribution is -2.10. The third-order valence-corrected chi connectivity index (χ3v) is 4.33. The van der Waals surface area contributed by atoms with E-state index >= 15 is 0 Å². The van der Waals surface area contributed by atoms with Crippen molar-refractivity contribution in [1.29, 1.82) is 0 Å². The van der Waals surface area contributed by atoms with Crippen LogP contribution >= 0.6 is 11.8 Å². The van der Waals surface area contributed by atoms with E-state index in [0.717, 1.165) is 24.0 Å². The van der Waals surface area contributed by atoms with Crippen LogP contribution in [-0.2, 0) is 6.18 Å². The van der Waals surface area contributed by atoms with Crippen LogP contribution in [0.5, 0.6) is 5.75 Å². The summed E-state index contributed by atoms with van der Waals surface area (Å²) < 4.78 is 44.8. The molecule has 2 heterocycles. The first kappa shape index (κ1) is 19.5. The summed E-state index contributed by atoms with van der Waals surface area (Å²) in [7, 11) is 1.48. The van der Waals surface area contributed by atoms with Crippen LogP contribution in [0.15, 0.2) is 58.8 Å². The van der Waals surface area contributed by atoms with E-state index in [2.05, 4.69) is 15.0 Å². The maximum atomic E-state index is 13.3. The Labute approximate surface area is 160 Å². The molecule has 0 N–H and O–H groups in total. The van der Waals surface area contributed by atoms with E-state index < -0.39 is 16.8 Å². The molecule has 144 valence electrons. The highest BCUT2D eigenvalue weighted by atomic mass is 32.2. The number of methoxy groups -OCH3 is 1. The third kappa shape index (κ3) is 4.55. The predicted octanol–water partition coefficient (Wildman–Crippen LogP) is 4.63. The first-order chi connectivity index (χ1) is 13.3. The van der Waals surface area contributed by atoms with Crippen LogP contribution in [0.1, 0.15) is 5.69 Å². The van der Waals surface area contributed by atoms with Gasteiger partial charge in [-0.2, -0.15) is 13.2 Å². The van der Waals surface area contributed by atoms with E-state index in [4.69, 9.17) is 4.74 Å². The molecular weight excluding hydrogens is 397 g/mol. The summed E-state index contributed by atoms with van der Waals surface area (Å²) in [4.78, 5) is 21.6. The van der Waals surface area contributed by atoms with Crippen molar-refractivity contribution in [2.24, 2.45) is 0 Å². The third-order valence-electron chi connectivity index (χ3n) is 3.51. The minimum Gasteiger partial charge on any atom is -0.497 e. The summed E-state index contributed by atoms with van der Waals surface area (Å²) >= 11 is 0.774. The zero-order chi connectivity index (χ0) is 20.3. The van der Waals surface area contributed by atoms with Crippen LogP contribution in [0.2, 0.25) is 0 Å². The summed E-state index contributed by atoms with van der Waals surface area (Å²) in [5.74, 6) is 0.554. The molecule has 7 nitrogen and oxygen atoms in total. The smallest absolute Gasteiger partial charge is 0.433 e. The van der Waals surface area contributed by atoms with Gasteiger partial charge >= 0.3 is 6.18 Å². The van der Waals surface area contributed by atoms with Crippen LogP contribution in [-0.4, -0.2) is 27.0 Å². The van der Waals surface area contributed by atoms with Gasteiger partial charge in [0.25, 0.3) is 5.69 Å². The van der Waals surface area contributed by atoms with Crippen LogP contribution in [0.25, 0.3) is 11.3 Å². The second-order valence-electron chi connectivity index (χ2n) is 5.36. The number of nitrogens with zero attached hydrogens (tertiary/aromatic N) is 4. The van der Waals surface area contributed by atoms with Gasteiger partial charge in [0.2, 0.25) is 0 Å². The Morgan fingerprint density at radius 1 is 1.11 bits per heavy atom. The molecule has 1 aromatic carbocycles. The SMILES string of the molecule is COc1ccc(-c2cc(C(F)(F)F)nc(Sc3ccc([N+](=O)[O-])cn3)n2)cc1.